The van der Waals surface area contributed by atoms with Crippen LogP contribution in [-0.4, -0.2) is 178 Å². The summed E-state index contributed by atoms with van der Waals surface area (Å²) in [7, 11) is 0. The van der Waals surface area contributed by atoms with Crippen molar-refractivity contribution in [2.75, 3.05) is 85.2 Å². The number of rotatable bonds is 10. The van der Waals surface area contributed by atoms with Gasteiger partial charge in [-0.1, -0.05) is 0 Å². The Balaban J connectivity index is 0.00000961. The van der Waals surface area contributed by atoms with E-state index < -0.39 is 62.9 Å². The van der Waals surface area contributed by atoms with Crippen LogP contribution in [0.4, 0.5) is 0 Å². The average Bonchev–Trinajstić information content (AvgIpc) is 2.68. The number of nitrogens with zero attached hydrogens (tertiary/aromatic N) is 4. The van der Waals surface area contributed by atoms with E-state index in [1.807, 2.05) is 0 Å². The van der Waals surface area contributed by atoms with Gasteiger partial charge in [0.1, 0.15) is 0 Å². The summed E-state index contributed by atoms with van der Waals surface area (Å²) < 4.78 is 0. The quantitative estimate of drug-likeness (QED) is 0.286. The van der Waals surface area contributed by atoms with Crippen molar-refractivity contribution in [3.63, 3.8) is 0 Å². The van der Waals surface area contributed by atoms with E-state index in [1.165, 1.54) is 14.7 Å². The molecule has 14 heteroatoms. The van der Waals surface area contributed by atoms with Crippen LogP contribution >= 0.6 is 0 Å². The first-order valence-corrected chi connectivity index (χ1v) is 10.0. The third-order valence-electron chi connectivity index (χ3n) is 5.18. The number of hydrogen-bond donors (Lipinski definition) is 1. The van der Waals surface area contributed by atoms with Gasteiger partial charge in [-0.25, -0.2) is 0 Å². The number of aliphatic hydroxyl groups is 1. The number of hydrogen-bond acceptors (Lipinski definition) is 13. The van der Waals surface area contributed by atoms with Gasteiger partial charge in [-0.3, -0.25) is 19.6 Å². The van der Waals surface area contributed by atoms with Gasteiger partial charge >= 0.3 is 37.7 Å². The van der Waals surface area contributed by atoms with Gasteiger partial charge in [0.25, 0.3) is 0 Å². The molecule has 0 radical (unpaired) electrons. The maximum absolute atomic E-state index is 11.6. The van der Waals surface area contributed by atoms with Crippen LogP contribution in [0.15, 0.2) is 0 Å². The number of aliphatic hydroxyl groups excluding tert-OH is 1. The van der Waals surface area contributed by atoms with Crippen LogP contribution in [0.5, 0.6) is 0 Å². The zero-order valence-corrected chi connectivity index (χ0v) is 20.3. The topological polar surface area (TPSA) is 200 Å². The largest absolute Gasteiger partial charge is 2.00 e. The summed E-state index contributed by atoms with van der Waals surface area (Å²) in [5.41, 5.74) is 0. The van der Waals surface area contributed by atoms with Crippen molar-refractivity contribution in [1.29, 1.82) is 0 Å². The zero-order chi connectivity index (χ0) is 23.4. The molecule has 1 heterocycles. The Kier molecular flexibility index (Phi) is 16.6. The summed E-state index contributed by atoms with van der Waals surface area (Å²) >= 11 is 0. The van der Waals surface area contributed by atoms with Crippen molar-refractivity contribution in [2.45, 2.75) is 12.1 Å². The van der Waals surface area contributed by atoms with Crippen LogP contribution in [-0.2, 0) is 14.4 Å². The molecule has 32 heavy (non-hydrogen) atoms. The number of carbonyl (C=O) groups is 3. The molecule has 0 spiro atoms. The molecule has 1 saturated heterocycles. The molecule has 1 N–H and O–H groups in total. The van der Waals surface area contributed by atoms with Crippen molar-refractivity contribution in [3.8, 4) is 0 Å². The predicted molar refractivity (Wildman–Crippen MR) is 101 cm³/mol. The van der Waals surface area contributed by atoms with E-state index in [4.69, 9.17) is 0 Å². The maximum atomic E-state index is 11.6. The molecule has 0 aromatic rings. The normalized spacial score (nSPS) is 20.3. The van der Waals surface area contributed by atoms with E-state index in [0.717, 1.165) is 0 Å². The number of aliphatic carboxylic acids is 3. The van der Waals surface area contributed by atoms with E-state index in [9.17, 15) is 45.0 Å². The first-order chi connectivity index (χ1) is 14.7. The summed E-state index contributed by atoms with van der Waals surface area (Å²) in [5, 5.41) is 65.9. The summed E-state index contributed by atoms with van der Waals surface area (Å²) in [6, 6.07) is -1.01. The van der Waals surface area contributed by atoms with Gasteiger partial charge in [-0.05, 0) is 0 Å². The zero-order valence-electron chi connectivity index (χ0n) is 18.1. The molecule has 13 nitrogen and oxygen atoms in total. The Morgan fingerprint density at radius 2 is 0.969 bits per heavy atom. The van der Waals surface area contributed by atoms with Gasteiger partial charge in [0.2, 0.25) is 0 Å². The van der Waals surface area contributed by atoms with E-state index in [1.54, 1.807) is 4.90 Å². The molecule has 0 aromatic heterocycles. The van der Waals surface area contributed by atoms with Crippen LogP contribution < -0.4 is 25.5 Å². The summed E-state index contributed by atoms with van der Waals surface area (Å²) in [5.74, 6) is -3.98. The molecule has 180 valence electrons. The summed E-state index contributed by atoms with van der Waals surface area (Å²) in [6.45, 7) is -1.63. The second-order valence-electron chi connectivity index (χ2n) is 7.45. The first kappa shape index (κ1) is 31.4. The van der Waals surface area contributed by atoms with Gasteiger partial charge in [-0.15, -0.1) is 13.2 Å². The molecule has 0 saturated carbocycles. The van der Waals surface area contributed by atoms with E-state index in [0.29, 0.717) is 0 Å². The molecule has 0 aliphatic carbocycles. The smallest absolute Gasteiger partial charge is 0.853 e. The SMILES string of the molecule is O=C([O-])CN1CCN(CC(=O)[O-])CCN(C(C[O-])C(O)C[O-])CCN(CC(=O)[O-])CC1.[Ca+2]. The second-order valence-corrected chi connectivity index (χ2v) is 7.45. The molecular weight excluding hydrogens is 456 g/mol. The van der Waals surface area contributed by atoms with Crippen LogP contribution in [0.3, 0.4) is 0 Å². The van der Waals surface area contributed by atoms with E-state index in [2.05, 4.69) is 0 Å². The number of carboxylic acid groups (broad SMARTS) is 3. The van der Waals surface area contributed by atoms with Gasteiger partial charge in [0.15, 0.2) is 0 Å². The second kappa shape index (κ2) is 16.9. The third kappa shape index (κ3) is 12.6. The fourth-order valence-electron chi connectivity index (χ4n) is 3.48. The van der Waals surface area contributed by atoms with Gasteiger partial charge in [0.05, 0.1) is 24.0 Å². The van der Waals surface area contributed by atoms with Crippen LogP contribution in [0, 0.1) is 0 Å². The van der Waals surface area contributed by atoms with Gasteiger partial charge in [-0.2, -0.15) is 0 Å². The molecule has 0 amide bonds. The van der Waals surface area contributed by atoms with E-state index >= 15 is 0 Å². The molecule has 1 rings (SSSR count). The number of carboxylic acids is 3. The van der Waals surface area contributed by atoms with Crippen LogP contribution in [0.2, 0.25) is 0 Å². The standard InChI is InChI=1S/C18H32N4O9.Ca/c23-12-14(15(25)13-24)22-7-5-20(10-17(28)29)3-1-19(9-16(26)27)2-4-21(6-8-22)11-18(30)31;/h14-15,25H,1-13H2,(H,26,27)(H,28,29)(H,30,31);/q-2;+2/p-3. The minimum atomic E-state index is -1.42. The Labute approximate surface area is 216 Å². The average molecular weight is 486 g/mol. The Morgan fingerprint density at radius 3 is 1.22 bits per heavy atom. The minimum Gasteiger partial charge on any atom is -0.853 e. The Morgan fingerprint density at radius 1 is 0.656 bits per heavy atom. The molecule has 1 aliphatic rings. The Bertz CT molecular complexity index is 555. The fraction of sp³-hybridized carbons (Fsp3) is 0.833. The predicted octanol–water partition coefficient (Wildman–Crippen LogP) is -9.47. The van der Waals surface area contributed by atoms with Gasteiger partial charge < -0.3 is 45.0 Å². The molecule has 1 fully saturated rings. The van der Waals surface area contributed by atoms with Crippen molar-refractivity contribution >= 4 is 55.6 Å². The summed E-state index contributed by atoms with van der Waals surface area (Å²) in [6.07, 6.45) is -1.42. The molecule has 0 bridgehead atoms. The van der Waals surface area contributed by atoms with Crippen molar-refractivity contribution in [2.24, 2.45) is 0 Å². The van der Waals surface area contributed by atoms with Crippen LogP contribution in [0.25, 0.3) is 0 Å². The number of carbonyl (C=O) groups excluding carboxylic acids is 3. The third-order valence-corrected chi connectivity index (χ3v) is 5.18. The maximum Gasteiger partial charge on any atom is 2.00 e. The monoisotopic (exact) mass is 485 g/mol. The van der Waals surface area contributed by atoms with E-state index in [-0.39, 0.29) is 90.1 Å². The van der Waals surface area contributed by atoms with Crippen molar-refractivity contribution in [1.82, 2.24) is 19.6 Å². The molecule has 0 aromatic carbocycles. The van der Waals surface area contributed by atoms with Gasteiger partial charge in [0, 0.05) is 78.0 Å². The summed E-state index contributed by atoms with van der Waals surface area (Å²) in [4.78, 5) is 39.3. The minimum absolute atomic E-state index is 0. The fourth-order valence-corrected chi connectivity index (χ4v) is 3.48. The van der Waals surface area contributed by atoms with Crippen molar-refractivity contribution in [3.05, 3.63) is 0 Å². The van der Waals surface area contributed by atoms with Crippen LogP contribution in [0.1, 0.15) is 0 Å². The molecular formula is C18H29CaN4O9-3. The molecule has 2 atom stereocenters. The first-order valence-electron chi connectivity index (χ1n) is 10.0. The molecule has 2 unspecified atom stereocenters. The van der Waals surface area contributed by atoms with Crippen molar-refractivity contribution < 1.29 is 45.0 Å². The Hall–Kier alpha value is -0.610. The molecule has 1 aliphatic heterocycles.